The van der Waals surface area contributed by atoms with Crippen molar-refractivity contribution in [3.63, 3.8) is 0 Å². The van der Waals surface area contributed by atoms with Crippen molar-refractivity contribution in [3.05, 3.63) is 23.3 Å². The second-order valence-corrected chi connectivity index (χ2v) is 3.30. The Hall–Kier alpha value is -1.29. The van der Waals surface area contributed by atoms with Crippen LogP contribution in [-0.4, -0.2) is 10.2 Å². The van der Waals surface area contributed by atoms with Gasteiger partial charge in [-0.1, -0.05) is 0 Å². The Kier molecular flexibility index (Phi) is 1.44. The number of rotatable bonds is 0. The summed E-state index contributed by atoms with van der Waals surface area (Å²) in [6.45, 7) is 0. The number of fused-ring (bicyclic) bond motifs is 1. The lowest BCUT2D eigenvalue weighted by Gasteiger charge is -1.96. The van der Waals surface area contributed by atoms with Gasteiger partial charge in [0.25, 0.3) is 0 Å². The molecule has 0 aliphatic heterocycles. The van der Waals surface area contributed by atoms with Crippen molar-refractivity contribution in [1.29, 1.82) is 0 Å². The molecule has 2 N–H and O–H groups in total. The second-order valence-electron chi connectivity index (χ2n) is 2.39. The maximum atomic E-state index is 12.7. The first-order valence-electron chi connectivity index (χ1n) is 3.28. The summed E-state index contributed by atoms with van der Waals surface area (Å²) in [4.78, 5) is 0. The van der Waals surface area contributed by atoms with Gasteiger partial charge in [-0.05, 0) is 12.1 Å². The maximum Gasteiger partial charge on any atom is 0.165 e. The van der Waals surface area contributed by atoms with E-state index in [4.69, 9.17) is 0 Å². The van der Waals surface area contributed by atoms with E-state index in [0.717, 1.165) is 0 Å². The highest BCUT2D eigenvalue weighted by atomic mass is 32.1. The lowest BCUT2D eigenvalue weighted by molar-refractivity contribution is 0.433. The molecule has 0 atom stereocenters. The quantitative estimate of drug-likeness (QED) is 0.660. The fraction of sp³-hybridized carbons (Fsp3) is 0. The molecule has 1 heterocycles. The predicted molar refractivity (Wildman–Crippen MR) is 45.1 cm³/mol. The van der Waals surface area contributed by atoms with Crippen LogP contribution < -0.4 is 0 Å². The largest absolute Gasteiger partial charge is 0.506 e. The highest BCUT2D eigenvalue weighted by molar-refractivity contribution is 7.17. The van der Waals surface area contributed by atoms with E-state index in [1.54, 1.807) is 0 Å². The summed E-state index contributed by atoms with van der Waals surface area (Å²) in [5.74, 6) is -1.27. The molecule has 0 fully saturated rings. The fourth-order valence-electron chi connectivity index (χ4n) is 1.07. The minimum Gasteiger partial charge on any atom is -0.506 e. The van der Waals surface area contributed by atoms with Crippen molar-refractivity contribution in [3.8, 4) is 11.5 Å². The Morgan fingerprint density at radius 1 is 1.25 bits per heavy atom. The Labute approximate surface area is 71.5 Å². The molecule has 0 amide bonds. The average molecular weight is 184 g/mol. The molecule has 2 nitrogen and oxygen atoms in total. The average Bonchev–Trinajstić information content (AvgIpc) is 2.41. The molecule has 0 saturated heterocycles. The van der Waals surface area contributed by atoms with E-state index < -0.39 is 11.6 Å². The molecular weight excluding hydrogens is 179 g/mol. The molecule has 62 valence electrons. The van der Waals surface area contributed by atoms with E-state index in [1.807, 2.05) is 0 Å². The topological polar surface area (TPSA) is 40.5 Å². The zero-order chi connectivity index (χ0) is 8.72. The number of phenolic OH excluding ortho intramolecular Hbond substituents is 1. The Balaban J connectivity index is 2.96. The van der Waals surface area contributed by atoms with Crippen LogP contribution in [-0.2, 0) is 0 Å². The molecule has 0 aliphatic rings. The van der Waals surface area contributed by atoms with Gasteiger partial charge in [-0.3, -0.25) is 0 Å². The molecule has 0 aliphatic carbocycles. The van der Waals surface area contributed by atoms with Gasteiger partial charge in [0.15, 0.2) is 11.6 Å². The van der Waals surface area contributed by atoms with Crippen molar-refractivity contribution >= 4 is 21.4 Å². The van der Waals surface area contributed by atoms with Crippen LogP contribution in [0.25, 0.3) is 10.1 Å². The van der Waals surface area contributed by atoms with Gasteiger partial charge in [0.1, 0.15) is 5.75 Å². The monoisotopic (exact) mass is 184 g/mol. The molecular formula is C8H5FO2S. The number of benzene rings is 1. The van der Waals surface area contributed by atoms with E-state index in [9.17, 15) is 14.6 Å². The van der Waals surface area contributed by atoms with Crippen LogP contribution in [0.4, 0.5) is 4.39 Å². The summed E-state index contributed by atoms with van der Waals surface area (Å²) >= 11 is 1.26. The SMILES string of the molecule is Oc1csc2ccc(F)c(O)c12. The van der Waals surface area contributed by atoms with Crippen molar-refractivity contribution < 1.29 is 14.6 Å². The molecule has 0 spiro atoms. The summed E-state index contributed by atoms with van der Waals surface area (Å²) in [6.07, 6.45) is 0. The van der Waals surface area contributed by atoms with Gasteiger partial charge in [0.2, 0.25) is 0 Å². The molecule has 0 bridgehead atoms. The predicted octanol–water partition coefficient (Wildman–Crippen LogP) is 2.45. The van der Waals surface area contributed by atoms with Crippen molar-refractivity contribution in [2.24, 2.45) is 0 Å². The molecule has 0 unspecified atom stereocenters. The van der Waals surface area contributed by atoms with E-state index in [2.05, 4.69) is 0 Å². The summed E-state index contributed by atoms with van der Waals surface area (Å²) in [6, 6.07) is 2.70. The van der Waals surface area contributed by atoms with Gasteiger partial charge < -0.3 is 10.2 Å². The molecule has 0 radical (unpaired) electrons. The molecule has 12 heavy (non-hydrogen) atoms. The molecule has 1 aromatic heterocycles. The van der Waals surface area contributed by atoms with Crippen molar-refractivity contribution in [2.75, 3.05) is 0 Å². The van der Waals surface area contributed by atoms with E-state index in [-0.39, 0.29) is 11.1 Å². The molecule has 2 rings (SSSR count). The third-order valence-corrected chi connectivity index (χ3v) is 2.58. The van der Waals surface area contributed by atoms with Crippen molar-refractivity contribution in [2.45, 2.75) is 0 Å². The minimum absolute atomic E-state index is 0.0769. The molecule has 1 aromatic carbocycles. The maximum absolute atomic E-state index is 12.7. The number of hydrogen-bond donors (Lipinski definition) is 2. The van der Waals surface area contributed by atoms with Gasteiger partial charge in [-0.15, -0.1) is 11.3 Å². The first kappa shape index (κ1) is 7.36. The highest BCUT2D eigenvalue weighted by Gasteiger charge is 2.10. The Morgan fingerprint density at radius 3 is 2.75 bits per heavy atom. The second kappa shape index (κ2) is 2.35. The van der Waals surface area contributed by atoms with Gasteiger partial charge in [-0.25, -0.2) is 4.39 Å². The molecule has 4 heteroatoms. The smallest absolute Gasteiger partial charge is 0.165 e. The third kappa shape index (κ3) is 0.848. The van der Waals surface area contributed by atoms with Gasteiger partial charge >= 0.3 is 0 Å². The highest BCUT2D eigenvalue weighted by Crippen LogP contribution is 2.38. The third-order valence-electron chi connectivity index (χ3n) is 1.64. The zero-order valence-electron chi connectivity index (χ0n) is 5.91. The summed E-state index contributed by atoms with van der Waals surface area (Å²) in [7, 11) is 0. The lowest BCUT2D eigenvalue weighted by Crippen LogP contribution is -1.74. The Morgan fingerprint density at radius 2 is 2.00 bits per heavy atom. The van der Waals surface area contributed by atoms with Gasteiger partial charge in [0.05, 0.1) is 5.39 Å². The van der Waals surface area contributed by atoms with Crippen LogP contribution in [0.3, 0.4) is 0 Å². The van der Waals surface area contributed by atoms with Gasteiger partial charge in [0, 0.05) is 10.1 Å². The van der Waals surface area contributed by atoms with Crippen molar-refractivity contribution in [1.82, 2.24) is 0 Å². The van der Waals surface area contributed by atoms with E-state index in [1.165, 1.54) is 28.8 Å². The van der Waals surface area contributed by atoms with E-state index in [0.29, 0.717) is 4.70 Å². The van der Waals surface area contributed by atoms with Crippen LogP contribution >= 0.6 is 11.3 Å². The molecule has 2 aromatic rings. The molecule has 0 saturated carbocycles. The van der Waals surface area contributed by atoms with E-state index >= 15 is 0 Å². The van der Waals surface area contributed by atoms with Crippen LogP contribution in [0.1, 0.15) is 0 Å². The van der Waals surface area contributed by atoms with Crippen LogP contribution in [0.5, 0.6) is 11.5 Å². The van der Waals surface area contributed by atoms with Crippen LogP contribution in [0.2, 0.25) is 0 Å². The zero-order valence-corrected chi connectivity index (χ0v) is 6.73. The first-order chi connectivity index (χ1) is 5.70. The van der Waals surface area contributed by atoms with Crippen LogP contribution in [0.15, 0.2) is 17.5 Å². The number of hydrogen-bond acceptors (Lipinski definition) is 3. The fourth-order valence-corrected chi connectivity index (χ4v) is 1.89. The normalized spacial score (nSPS) is 10.8. The minimum atomic E-state index is -0.712. The lowest BCUT2D eigenvalue weighted by atomic mass is 10.2. The Bertz CT molecular complexity index is 436. The number of thiophene rings is 1. The van der Waals surface area contributed by atoms with Gasteiger partial charge in [-0.2, -0.15) is 0 Å². The standard InChI is InChI=1S/C8H5FO2S/c9-4-1-2-6-7(8(4)11)5(10)3-12-6/h1-3,10-11H. The number of aromatic hydroxyl groups is 2. The number of halogens is 1. The summed E-state index contributed by atoms with van der Waals surface area (Å²) in [5.41, 5.74) is 0. The summed E-state index contributed by atoms with van der Waals surface area (Å²) < 4.78 is 13.4. The number of phenols is 1. The summed E-state index contributed by atoms with van der Waals surface area (Å²) in [5, 5.41) is 20.1. The first-order valence-corrected chi connectivity index (χ1v) is 4.16. The van der Waals surface area contributed by atoms with Crippen LogP contribution in [0, 0.1) is 5.82 Å².